The van der Waals surface area contributed by atoms with Gasteiger partial charge in [0.25, 0.3) is 5.91 Å². The van der Waals surface area contributed by atoms with Crippen molar-refractivity contribution in [3.05, 3.63) is 48.2 Å². The molecule has 2 aromatic rings. The van der Waals surface area contributed by atoms with Gasteiger partial charge in [-0.2, -0.15) is 0 Å². The lowest BCUT2D eigenvalue weighted by Gasteiger charge is -2.28. The number of rotatable bonds is 5. The van der Waals surface area contributed by atoms with Crippen molar-refractivity contribution >= 4 is 29.0 Å². The highest BCUT2D eigenvalue weighted by molar-refractivity contribution is 6.05. The van der Waals surface area contributed by atoms with Crippen LogP contribution in [0.15, 0.2) is 42.6 Å². The fourth-order valence-corrected chi connectivity index (χ4v) is 2.99. The molecular weight excluding hydrogens is 344 g/mol. The molecule has 1 aliphatic carbocycles. The average molecular weight is 366 g/mol. The zero-order valence-corrected chi connectivity index (χ0v) is 15.0. The summed E-state index contributed by atoms with van der Waals surface area (Å²) in [6.45, 7) is 3.11. The molecule has 0 radical (unpaired) electrons. The van der Waals surface area contributed by atoms with Crippen LogP contribution in [0.4, 0.5) is 17.2 Å². The summed E-state index contributed by atoms with van der Waals surface area (Å²) in [6.07, 6.45) is 3.64. The van der Waals surface area contributed by atoms with E-state index in [0.717, 1.165) is 31.6 Å². The zero-order chi connectivity index (χ0) is 18.6. The third kappa shape index (κ3) is 4.43. The minimum Gasteiger partial charge on any atom is -0.378 e. The number of anilines is 3. The van der Waals surface area contributed by atoms with E-state index in [2.05, 4.69) is 20.5 Å². The molecule has 1 saturated heterocycles. The third-order valence-corrected chi connectivity index (χ3v) is 4.71. The Bertz CT molecular complexity index is 827. The van der Waals surface area contributed by atoms with Crippen molar-refractivity contribution in [2.75, 3.05) is 41.8 Å². The molecule has 2 N–H and O–H groups in total. The maximum atomic E-state index is 12.5. The summed E-state index contributed by atoms with van der Waals surface area (Å²) in [5, 5.41) is 5.65. The normalized spacial score (nSPS) is 16.7. The minimum absolute atomic E-state index is 0.0212. The van der Waals surface area contributed by atoms with Crippen LogP contribution in [0.5, 0.6) is 0 Å². The molecule has 2 fully saturated rings. The number of benzene rings is 1. The van der Waals surface area contributed by atoms with Crippen LogP contribution in [0, 0.1) is 5.92 Å². The second-order valence-electron chi connectivity index (χ2n) is 6.80. The summed E-state index contributed by atoms with van der Waals surface area (Å²) in [5.41, 5.74) is 2.12. The first kappa shape index (κ1) is 17.5. The lowest BCUT2D eigenvalue weighted by Crippen LogP contribution is -2.36. The molecule has 2 amide bonds. The first-order chi connectivity index (χ1) is 13.2. The molecule has 1 saturated carbocycles. The molecule has 1 aromatic carbocycles. The van der Waals surface area contributed by atoms with Gasteiger partial charge in [-0.1, -0.05) is 6.07 Å². The highest BCUT2D eigenvalue weighted by Crippen LogP contribution is 2.30. The molecular formula is C20H22N4O3. The van der Waals surface area contributed by atoms with Gasteiger partial charge in [-0.25, -0.2) is 4.98 Å². The maximum absolute atomic E-state index is 12.5. The Morgan fingerprint density at radius 2 is 1.89 bits per heavy atom. The monoisotopic (exact) mass is 366 g/mol. The molecule has 0 atom stereocenters. The van der Waals surface area contributed by atoms with Crippen LogP contribution in [-0.2, 0) is 9.53 Å². The standard InChI is InChI=1S/C20H22N4O3/c25-19(14-4-5-14)22-16-3-1-2-15(12-16)20(26)23-18-7-6-17(13-21-18)24-8-10-27-11-9-24/h1-3,6-7,12-14H,4-5,8-11H2,(H,22,25)(H,21,23,26). The van der Waals surface area contributed by atoms with E-state index in [0.29, 0.717) is 30.3 Å². The molecule has 1 aliphatic heterocycles. The first-order valence-electron chi connectivity index (χ1n) is 9.20. The Kier molecular flexibility index (Phi) is 5.02. The van der Waals surface area contributed by atoms with Crippen molar-refractivity contribution < 1.29 is 14.3 Å². The zero-order valence-electron chi connectivity index (χ0n) is 15.0. The van der Waals surface area contributed by atoms with E-state index in [-0.39, 0.29) is 17.7 Å². The number of ether oxygens (including phenoxy) is 1. The van der Waals surface area contributed by atoms with Crippen molar-refractivity contribution in [3.8, 4) is 0 Å². The molecule has 27 heavy (non-hydrogen) atoms. The third-order valence-electron chi connectivity index (χ3n) is 4.71. The second-order valence-corrected chi connectivity index (χ2v) is 6.80. The summed E-state index contributed by atoms with van der Waals surface area (Å²) in [7, 11) is 0. The van der Waals surface area contributed by atoms with E-state index in [1.807, 2.05) is 6.07 Å². The summed E-state index contributed by atoms with van der Waals surface area (Å²) >= 11 is 0. The summed E-state index contributed by atoms with van der Waals surface area (Å²) in [4.78, 5) is 30.9. The summed E-state index contributed by atoms with van der Waals surface area (Å²) in [5.74, 6) is 0.373. The highest BCUT2D eigenvalue weighted by atomic mass is 16.5. The van der Waals surface area contributed by atoms with Crippen molar-refractivity contribution in [2.45, 2.75) is 12.8 Å². The number of nitrogens with zero attached hydrogens (tertiary/aromatic N) is 2. The Hall–Kier alpha value is -2.93. The SMILES string of the molecule is O=C(Nc1ccc(N2CCOCC2)cn1)c1cccc(NC(=O)C2CC2)c1. The molecule has 140 valence electrons. The summed E-state index contributed by atoms with van der Waals surface area (Å²) < 4.78 is 5.35. The van der Waals surface area contributed by atoms with E-state index in [9.17, 15) is 9.59 Å². The van der Waals surface area contributed by atoms with Crippen LogP contribution in [0.3, 0.4) is 0 Å². The van der Waals surface area contributed by atoms with Gasteiger partial charge in [-0.15, -0.1) is 0 Å². The number of hydrogen-bond donors (Lipinski definition) is 2. The van der Waals surface area contributed by atoms with Gasteiger partial charge in [0.1, 0.15) is 5.82 Å². The molecule has 7 heteroatoms. The quantitative estimate of drug-likeness (QED) is 0.850. The van der Waals surface area contributed by atoms with Gasteiger partial charge in [0.15, 0.2) is 0 Å². The van der Waals surface area contributed by atoms with E-state index >= 15 is 0 Å². The molecule has 4 rings (SSSR count). The molecule has 1 aromatic heterocycles. The number of morpholine rings is 1. The second kappa shape index (κ2) is 7.75. The number of amides is 2. The summed E-state index contributed by atoms with van der Waals surface area (Å²) in [6, 6.07) is 10.7. The number of carbonyl (C=O) groups is 2. The van der Waals surface area contributed by atoms with Crippen molar-refractivity contribution in [1.29, 1.82) is 0 Å². The van der Waals surface area contributed by atoms with Crippen molar-refractivity contribution in [3.63, 3.8) is 0 Å². The Labute approximate surface area is 157 Å². The smallest absolute Gasteiger partial charge is 0.256 e. The van der Waals surface area contributed by atoms with Crippen LogP contribution in [0.2, 0.25) is 0 Å². The Morgan fingerprint density at radius 1 is 1.07 bits per heavy atom. The van der Waals surface area contributed by atoms with Crippen LogP contribution in [-0.4, -0.2) is 43.1 Å². The van der Waals surface area contributed by atoms with Crippen molar-refractivity contribution in [1.82, 2.24) is 4.98 Å². The number of aromatic nitrogens is 1. The molecule has 0 spiro atoms. The predicted molar refractivity (Wildman–Crippen MR) is 103 cm³/mol. The predicted octanol–water partition coefficient (Wildman–Crippen LogP) is 2.52. The van der Waals surface area contributed by atoms with Crippen LogP contribution in [0.25, 0.3) is 0 Å². The van der Waals surface area contributed by atoms with E-state index in [4.69, 9.17) is 4.74 Å². The van der Waals surface area contributed by atoms with Gasteiger partial charge < -0.3 is 20.3 Å². The molecule has 2 heterocycles. The van der Waals surface area contributed by atoms with Gasteiger partial charge in [0.05, 0.1) is 25.1 Å². The number of pyridine rings is 1. The van der Waals surface area contributed by atoms with E-state index < -0.39 is 0 Å². The number of nitrogens with one attached hydrogen (secondary N) is 2. The lowest BCUT2D eigenvalue weighted by molar-refractivity contribution is -0.117. The van der Waals surface area contributed by atoms with Gasteiger partial charge in [-0.05, 0) is 43.2 Å². The Morgan fingerprint density at radius 3 is 2.59 bits per heavy atom. The van der Waals surface area contributed by atoms with Crippen LogP contribution in [0.1, 0.15) is 23.2 Å². The maximum Gasteiger partial charge on any atom is 0.256 e. The van der Waals surface area contributed by atoms with Gasteiger partial charge in [0, 0.05) is 30.3 Å². The van der Waals surface area contributed by atoms with E-state index in [1.54, 1.807) is 36.5 Å². The largest absolute Gasteiger partial charge is 0.378 e. The molecule has 0 unspecified atom stereocenters. The topological polar surface area (TPSA) is 83.6 Å². The van der Waals surface area contributed by atoms with E-state index in [1.165, 1.54) is 0 Å². The molecule has 2 aliphatic rings. The number of carbonyl (C=O) groups excluding carboxylic acids is 2. The average Bonchev–Trinajstić information content (AvgIpc) is 3.55. The van der Waals surface area contributed by atoms with Gasteiger partial charge in [-0.3, -0.25) is 9.59 Å². The number of hydrogen-bond acceptors (Lipinski definition) is 5. The highest BCUT2D eigenvalue weighted by Gasteiger charge is 2.29. The van der Waals surface area contributed by atoms with Crippen LogP contribution >= 0.6 is 0 Å². The van der Waals surface area contributed by atoms with Crippen LogP contribution < -0.4 is 15.5 Å². The van der Waals surface area contributed by atoms with Gasteiger partial charge >= 0.3 is 0 Å². The first-order valence-corrected chi connectivity index (χ1v) is 9.20. The lowest BCUT2D eigenvalue weighted by atomic mass is 10.2. The Balaban J connectivity index is 1.38. The minimum atomic E-state index is -0.260. The molecule has 0 bridgehead atoms. The molecule has 7 nitrogen and oxygen atoms in total. The fraction of sp³-hybridized carbons (Fsp3) is 0.350. The van der Waals surface area contributed by atoms with Crippen molar-refractivity contribution in [2.24, 2.45) is 5.92 Å². The fourth-order valence-electron chi connectivity index (χ4n) is 2.99. The van der Waals surface area contributed by atoms with Gasteiger partial charge in [0.2, 0.25) is 5.91 Å².